The molecule has 1 aromatic heterocycles. The first-order chi connectivity index (χ1) is 25.3. The van der Waals surface area contributed by atoms with Gasteiger partial charge in [-0.05, 0) is 68.0 Å². The molecule has 11 nitrogen and oxygen atoms in total. The van der Waals surface area contributed by atoms with E-state index in [4.69, 9.17) is 14.5 Å². The fourth-order valence-electron chi connectivity index (χ4n) is 7.20. The molecule has 0 aliphatic heterocycles. The summed E-state index contributed by atoms with van der Waals surface area (Å²) < 4.78 is 11.5. The molecule has 296 valence electrons. The molecule has 0 saturated carbocycles. The molecule has 7 atom stereocenters. The molecule has 3 amide bonds. The third-order valence-corrected chi connectivity index (χ3v) is 11.2. The van der Waals surface area contributed by atoms with Crippen molar-refractivity contribution < 1.29 is 28.7 Å². The lowest BCUT2D eigenvalue weighted by Gasteiger charge is -2.39. The molecule has 2 aromatic rings. The summed E-state index contributed by atoms with van der Waals surface area (Å²) in [5.41, 5.74) is 2.26. The standard InChI is InChI=1S/C41H65N5O6S/c1-11-18-46(40(49)36(27(8)13-3)45-37(47)32(42-9)20-25(4)5)34(26(6)7)23-35(52-19-12-2)39-44-33(24-53-39)38(48)43-29-21-28-16-14-15-17-30(28)31(22-29)41(50)51-10/h14-17,24-27,29,31-32,34-36,42H,11-13,18-23H2,1-10H3,(H,43,48)(H,45,47). The summed E-state index contributed by atoms with van der Waals surface area (Å²) >= 11 is 1.38. The minimum Gasteiger partial charge on any atom is -0.469 e. The summed E-state index contributed by atoms with van der Waals surface area (Å²) in [4.78, 5) is 61.1. The molecule has 3 rings (SSSR count). The number of nitrogens with one attached hydrogen (secondary N) is 3. The Morgan fingerprint density at radius 2 is 1.74 bits per heavy atom. The zero-order valence-electron chi connectivity index (χ0n) is 33.7. The van der Waals surface area contributed by atoms with E-state index >= 15 is 0 Å². The summed E-state index contributed by atoms with van der Waals surface area (Å²) in [6.45, 7) is 17.6. The SMILES string of the molecule is CCCOC(CC(C(C)C)N(CCC)C(=O)C(NC(=O)C(CC(C)C)NC)C(C)CC)c1nc(C(=O)NC2Cc3ccccc3C(C(=O)OC)C2)cs1. The molecule has 12 heteroatoms. The molecule has 0 bridgehead atoms. The van der Waals surface area contributed by atoms with Gasteiger partial charge >= 0.3 is 5.97 Å². The van der Waals surface area contributed by atoms with Gasteiger partial charge < -0.3 is 30.3 Å². The smallest absolute Gasteiger partial charge is 0.313 e. The number of carbonyl (C=O) groups is 4. The molecule has 1 aromatic carbocycles. The van der Waals surface area contributed by atoms with Crippen LogP contribution >= 0.6 is 11.3 Å². The molecule has 3 N–H and O–H groups in total. The Kier molecular flexibility index (Phi) is 17.9. The number of ether oxygens (including phenoxy) is 2. The van der Waals surface area contributed by atoms with Crippen LogP contribution in [-0.2, 0) is 30.3 Å². The van der Waals surface area contributed by atoms with Gasteiger partial charge in [0.2, 0.25) is 11.8 Å². The van der Waals surface area contributed by atoms with E-state index in [-0.39, 0.29) is 53.7 Å². The maximum Gasteiger partial charge on any atom is 0.313 e. The van der Waals surface area contributed by atoms with Gasteiger partial charge in [-0.3, -0.25) is 19.2 Å². The van der Waals surface area contributed by atoms with Gasteiger partial charge in [0.05, 0.1) is 19.1 Å². The third-order valence-electron chi connectivity index (χ3n) is 10.3. The normalized spacial score (nSPS) is 18.4. The van der Waals surface area contributed by atoms with Crippen LogP contribution in [0.25, 0.3) is 0 Å². The molecule has 7 unspecified atom stereocenters. The van der Waals surface area contributed by atoms with E-state index in [0.717, 1.165) is 30.4 Å². The summed E-state index contributed by atoms with van der Waals surface area (Å²) in [5, 5.41) is 11.8. The fourth-order valence-corrected chi connectivity index (χ4v) is 8.06. The highest BCUT2D eigenvalue weighted by Gasteiger charge is 2.38. The van der Waals surface area contributed by atoms with Crippen molar-refractivity contribution in [2.45, 2.75) is 137 Å². The minimum absolute atomic E-state index is 0.0668. The van der Waals surface area contributed by atoms with Crippen molar-refractivity contribution in [3.63, 3.8) is 0 Å². The molecule has 53 heavy (non-hydrogen) atoms. The first-order valence-electron chi connectivity index (χ1n) is 19.6. The van der Waals surface area contributed by atoms with Crippen molar-refractivity contribution in [2.75, 3.05) is 27.3 Å². The molecule has 0 spiro atoms. The number of hydrogen-bond acceptors (Lipinski definition) is 9. The molecule has 1 aliphatic carbocycles. The highest BCUT2D eigenvalue weighted by Crippen LogP contribution is 2.34. The Labute approximate surface area is 321 Å². The largest absolute Gasteiger partial charge is 0.469 e. The summed E-state index contributed by atoms with van der Waals surface area (Å²) in [6, 6.07) is 6.27. The van der Waals surface area contributed by atoms with Gasteiger partial charge in [-0.2, -0.15) is 0 Å². The predicted molar refractivity (Wildman–Crippen MR) is 211 cm³/mol. The maximum absolute atomic E-state index is 14.6. The number of fused-ring (bicyclic) bond motifs is 1. The molecule has 1 heterocycles. The number of carbonyl (C=O) groups excluding carboxylic acids is 4. The first kappa shape index (κ1) is 44.0. The number of esters is 1. The van der Waals surface area contributed by atoms with Crippen LogP contribution in [-0.4, -0.2) is 85.1 Å². The lowest BCUT2D eigenvalue weighted by molar-refractivity contribution is -0.143. The van der Waals surface area contributed by atoms with E-state index in [9.17, 15) is 19.2 Å². The molecule has 0 saturated heterocycles. The summed E-state index contributed by atoms with van der Waals surface area (Å²) in [5.74, 6) is -0.979. The summed E-state index contributed by atoms with van der Waals surface area (Å²) in [6.07, 6.45) is 4.06. The van der Waals surface area contributed by atoms with E-state index in [1.165, 1.54) is 18.4 Å². The van der Waals surface area contributed by atoms with Gasteiger partial charge in [0.25, 0.3) is 5.91 Å². The number of nitrogens with zero attached hydrogens (tertiary/aromatic N) is 2. The number of thiazole rings is 1. The van der Waals surface area contributed by atoms with Crippen LogP contribution in [0.3, 0.4) is 0 Å². The fraction of sp³-hybridized carbons (Fsp3) is 0.683. The average molecular weight is 756 g/mol. The van der Waals surface area contributed by atoms with Crippen LogP contribution in [0.5, 0.6) is 0 Å². The zero-order valence-corrected chi connectivity index (χ0v) is 34.5. The van der Waals surface area contributed by atoms with Crippen LogP contribution in [0, 0.1) is 17.8 Å². The zero-order chi connectivity index (χ0) is 39.2. The van der Waals surface area contributed by atoms with Gasteiger partial charge in [0.15, 0.2) is 0 Å². The highest BCUT2D eigenvalue weighted by atomic mass is 32.1. The maximum atomic E-state index is 14.6. The monoisotopic (exact) mass is 755 g/mol. The summed E-state index contributed by atoms with van der Waals surface area (Å²) in [7, 11) is 3.17. The van der Waals surface area contributed by atoms with Crippen molar-refractivity contribution in [2.24, 2.45) is 17.8 Å². The number of aromatic nitrogens is 1. The highest BCUT2D eigenvalue weighted by molar-refractivity contribution is 7.09. The van der Waals surface area contributed by atoms with Crippen LogP contribution in [0.1, 0.15) is 133 Å². The van der Waals surface area contributed by atoms with Crippen LogP contribution < -0.4 is 16.0 Å². The van der Waals surface area contributed by atoms with Gasteiger partial charge in [0, 0.05) is 37.0 Å². The topological polar surface area (TPSA) is 139 Å². The number of amides is 3. The number of likely N-dealkylation sites (N-methyl/N-ethyl adjacent to an activating group) is 1. The Morgan fingerprint density at radius 3 is 2.34 bits per heavy atom. The molecular formula is C41H65N5O6S. The predicted octanol–water partition coefficient (Wildman–Crippen LogP) is 6.43. The van der Waals surface area contributed by atoms with Crippen molar-refractivity contribution in [3.05, 3.63) is 51.5 Å². The number of hydrogen-bond donors (Lipinski definition) is 3. The van der Waals surface area contributed by atoms with E-state index in [1.807, 2.05) is 49.9 Å². The van der Waals surface area contributed by atoms with Crippen molar-refractivity contribution >= 4 is 35.0 Å². The van der Waals surface area contributed by atoms with E-state index in [0.29, 0.717) is 55.5 Å². The molecule has 1 aliphatic rings. The first-order valence-corrected chi connectivity index (χ1v) is 20.5. The van der Waals surface area contributed by atoms with Crippen LogP contribution in [0.4, 0.5) is 0 Å². The van der Waals surface area contributed by atoms with Crippen molar-refractivity contribution in [1.82, 2.24) is 25.8 Å². The van der Waals surface area contributed by atoms with E-state index in [1.54, 1.807) is 12.4 Å². The van der Waals surface area contributed by atoms with Gasteiger partial charge in [-0.15, -0.1) is 11.3 Å². The van der Waals surface area contributed by atoms with E-state index < -0.39 is 18.1 Å². The van der Waals surface area contributed by atoms with Gasteiger partial charge in [-0.1, -0.05) is 86.1 Å². The second-order valence-corrected chi connectivity index (χ2v) is 16.1. The molecule has 0 radical (unpaired) electrons. The number of methoxy groups -OCH3 is 1. The lowest BCUT2D eigenvalue weighted by atomic mass is 9.80. The number of benzene rings is 1. The molecule has 0 fully saturated rings. The van der Waals surface area contributed by atoms with Crippen molar-refractivity contribution in [3.8, 4) is 0 Å². The quantitative estimate of drug-likeness (QED) is 0.124. The van der Waals surface area contributed by atoms with Gasteiger partial charge in [-0.25, -0.2) is 4.98 Å². The Morgan fingerprint density at radius 1 is 1.02 bits per heavy atom. The molecular weight excluding hydrogens is 691 g/mol. The average Bonchev–Trinajstić information content (AvgIpc) is 3.64. The second-order valence-electron chi connectivity index (χ2n) is 15.2. The number of rotatable bonds is 21. The van der Waals surface area contributed by atoms with Crippen LogP contribution in [0.2, 0.25) is 0 Å². The second kappa shape index (κ2) is 21.5. The Balaban J connectivity index is 1.86. The Bertz CT molecular complexity index is 1480. The minimum atomic E-state index is -0.668. The van der Waals surface area contributed by atoms with Gasteiger partial charge in [0.1, 0.15) is 22.8 Å². The lowest BCUT2D eigenvalue weighted by Crippen LogP contribution is -2.58. The van der Waals surface area contributed by atoms with E-state index in [2.05, 4.69) is 50.6 Å². The van der Waals surface area contributed by atoms with Crippen molar-refractivity contribution in [1.29, 1.82) is 0 Å². The Hall–Kier alpha value is -3.35. The van der Waals surface area contributed by atoms with Crippen LogP contribution in [0.15, 0.2) is 29.6 Å². The third kappa shape index (κ3) is 12.1.